The summed E-state index contributed by atoms with van der Waals surface area (Å²) in [5.41, 5.74) is -0.513. The molecule has 0 N–H and O–H groups in total. The van der Waals surface area contributed by atoms with Crippen LogP contribution in [0.15, 0.2) is 12.1 Å². The first-order valence-corrected chi connectivity index (χ1v) is 7.86. The molecule has 0 spiro atoms. The van der Waals surface area contributed by atoms with E-state index in [0.717, 1.165) is 39.8 Å². The fourth-order valence-corrected chi connectivity index (χ4v) is 2.19. The lowest BCUT2D eigenvalue weighted by Crippen LogP contribution is -2.20. The molecule has 1 aromatic rings. The lowest BCUT2D eigenvalue weighted by molar-refractivity contribution is -0.189. The molecule has 0 saturated carbocycles. The van der Waals surface area contributed by atoms with Crippen LogP contribution >= 0.6 is 0 Å². The highest BCUT2D eigenvalue weighted by Crippen LogP contribution is 2.30. The van der Waals surface area contributed by atoms with Crippen LogP contribution in [-0.2, 0) is 38.1 Å². The summed E-state index contributed by atoms with van der Waals surface area (Å²) in [7, 11) is 0. The lowest BCUT2D eigenvalue weighted by atomic mass is 9.98. The molecule has 0 aromatic heterocycles. The first-order valence-electron chi connectivity index (χ1n) is 7.86. The molecule has 28 heavy (non-hydrogen) atoms. The summed E-state index contributed by atoms with van der Waals surface area (Å²) in [6.07, 6.45) is -2.51. The Morgan fingerprint density at radius 3 is 1.07 bits per heavy atom. The van der Waals surface area contributed by atoms with Gasteiger partial charge in [0.1, 0.15) is 0 Å². The molecule has 0 saturated heterocycles. The van der Waals surface area contributed by atoms with Gasteiger partial charge in [-0.15, -0.1) is 0 Å². The van der Waals surface area contributed by atoms with Crippen LogP contribution in [-0.4, -0.2) is 36.4 Å². The average molecular weight is 394 g/mol. The predicted octanol–water partition coefficient (Wildman–Crippen LogP) is 1.56. The van der Waals surface area contributed by atoms with Crippen molar-refractivity contribution in [1.82, 2.24) is 0 Å². The Bertz CT molecular complexity index is 711. The standard InChI is InChI=1S/C18H18O10/c1-9(21)25-17(26-10(2)22)15-5-14(8-20)16(6-13(15)7-19)18(27-11(3)23)28-12(4)24/h5-8,17-18H,1-4H3. The Balaban J connectivity index is 3.58. The fourth-order valence-electron chi connectivity index (χ4n) is 2.19. The van der Waals surface area contributed by atoms with E-state index in [1.165, 1.54) is 0 Å². The molecule has 1 aromatic carbocycles. The van der Waals surface area contributed by atoms with Crippen LogP contribution in [0.3, 0.4) is 0 Å². The third kappa shape index (κ3) is 6.31. The molecule has 0 radical (unpaired) electrons. The molecule has 0 fully saturated rings. The summed E-state index contributed by atoms with van der Waals surface area (Å²) in [5, 5.41) is 0. The van der Waals surface area contributed by atoms with Gasteiger partial charge in [-0.3, -0.25) is 28.8 Å². The maximum absolute atomic E-state index is 11.5. The van der Waals surface area contributed by atoms with Gasteiger partial charge < -0.3 is 18.9 Å². The summed E-state index contributed by atoms with van der Waals surface area (Å²) in [4.78, 5) is 68.3. The van der Waals surface area contributed by atoms with Gasteiger partial charge in [-0.1, -0.05) is 0 Å². The van der Waals surface area contributed by atoms with Crippen molar-refractivity contribution >= 4 is 36.4 Å². The number of carbonyl (C=O) groups is 6. The number of hydrogen-bond acceptors (Lipinski definition) is 10. The molecular weight excluding hydrogens is 376 g/mol. The minimum atomic E-state index is -1.59. The second-order valence-electron chi connectivity index (χ2n) is 5.45. The van der Waals surface area contributed by atoms with Crippen molar-refractivity contribution in [3.63, 3.8) is 0 Å². The maximum Gasteiger partial charge on any atom is 0.305 e. The minimum Gasteiger partial charge on any atom is -0.421 e. The summed E-state index contributed by atoms with van der Waals surface area (Å²) in [5.74, 6) is -3.23. The van der Waals surface area contributed by atoms with E-state index in [1.54, 1.807) is 0 Å². The Labute approximate surface area is 159 Å². The zero-order valence-electron chi connectivity index (χ0n) is 15.5. The molecule has 0 aliphatic carbocycles. The molecule has 0 amide bonds. The van der Waals surface area contributed by atoms with Crippen molar-refractivity contribution in [3.8, 4) is 0 Å². The number of hydrogen-bond donors (Lipinski definition) is 0. The lowest BCUT2D eigenvalue weighted by Gasteiger charge is -2.22. The minimum absolute atomic E-state index is 0.101. The summed E-state index contributed by atoms with van der Waals surface area (Å²) in [6.45, 7) is 4.24. The summed E-state index contributed by atoms with van der Waals surface area (Å²) in [6, 6.07) is 2.20. The quantitative estimate of drug-likeness (QED) is 0.362. The highest BCUT2D eigenvalue weighted by Gasteiger charge is 2.28. The largest absolute Gasteiger partial charge is 0.421 e. The monoisotopic (exact) mass is 394 g/mol. The van der Waals surface area contributed by atoms with E-state index in [1.807, 2.05) is 0 Å². The van der Waals surface area contributed by atoms with Crippen LogP contribution in [0.2, 0.25) is 0 Å². The average Bonchev–Trinajstić information content (AvgIpc) is 2.57. The van der Waals surface area contributed by atoms with E-state index in [9.17, 15) is 28.8 Å². The summed E-state index contributed by atoms with van der Waals surface area (Å²) < 4.78 is 19.6. The zero-order valence-corrected chi connectivity index (χ0v) is 15.5. The van der Waals surface area contributed by atoms with E-state index in [-0.39, 0.29) is 22.3 Å². The normalized spacial score (nSPS) is 10.2. The van der Waals surface area contributed by atoms with Crippen LogP contribution in [0.5, 0.6) is 0 Å². The van der Waals surface area contributed by atoms with Crippen molar-refractivity contribution < 1.29 is 47.7 Å². The second-order valence-corrected chi connectivity index (χ2v) is 5.45. The summed E-state index contributed by atoms with van der Waals surface area (Å²) >= 11 is 0. The Hall–Kier alpha value is -3.56. The van der Waals surface area contributed by atoms with Gasteiger partial charge in [-0.25, -0.2) is 0 Å². The number of esters is 4. The SMILES string of the molecule is CC(=O)OC(OC(C)=O)c1cc(C=O)c(C(OC(C)=O)OC(C)=O)cc1C=O. The number of aldehydes is 2. The molecule has 0 aliphatic heterocycles. The van der Waals surface area contributed by atoms with E-state index in [0.29, 0.717) is 12.6 Å². The van der Waals surface area contributed by atoms with Gasteiger partial charge in [0.25, 0.3) is 12.6 Å². The molecule has 0 atom stereocenters. The Morgan fingerprint density at radius 1 is 0.643 bits per heavy atom. The smallest absolute Gasteiger partial charge is 0.305 e. The molecular formula is C18H18O10. The predicted molar refractivity (Wildman–Crippen MR) is 89.8 cm³/mol. The first kappa shape index (κ1) is 22.5. The first-order chi connectivity index (χ1) is 13.1. The molecule has 10 heteroatoms. The van der Waals surface area contributed by atoms with Crippen LogP contribution in [0.25, 0.3) is 0 Å². The van der Waals surface area contributed by atoms with E-state index in [4.69, 9.17) is 18.9 Å². The fraction of sp³-hybridized carbons (Fsp3) is 0.333. The molecule has 150 valence electrons. The molecule has 1 rings (SSSR count). The second kappa shape index (κ2) is 9.95. The number of carbonyl (C=O) groups excluding carboxylic acids is 6. The Kier molecular flexibility index (Phi) is 7.99. The van der Waals surface area contributed by atoms with Gasteiger partial charge in [-0.2, -0.15) is 0 Å². The van der Waals surface area contributed by atoms with Crippen molar-refractivity contribution in [3.05, 3.63) is 34.4 Å². The van der Waals surface area contributed by atoms with Gasteiger partial charge in [0.05, 0.1) is 0 Å². The van der Waals surface area contributed by atoms with Crippen molar-refractivity contribution in [2.24, 2.45) is 0 Å². The molecule has 10 nitrogen and oxygen atoms in total. The number of benzene rings is 1. The Morgan fingerprint density at radius 2 is 0.893 bits per heavy atom. The highest BCUT2D eigenvalue weighted by molar-refractivity contribution is 5.85. The number of ether oxygens (including phenoxy) is 4. The van der Waals surface area contributed by atoms with Gasteiger partial charge in [0, 0.05) is 49.9 Å². The van der Waals surface area contributed by atoms with Crippen molar-refractivity contribution in [1.29, 1.82) is 0 Å². The zero-order chi connectivity index (χ0) is 21.4. The van der Waals surface area contributed by atoms with E-state index in [2.05, 4.69) is 0 Å². The third-order valence-electron chi connectivity index (χ3n) is 3.14. The number of rotatable bonds is 8. The molecule has 0 aliphatic rings. The van der Waals surface area contributed by atoms with Crippen molar-refractivity contribution in [2.45, 2.75) is 40.3 Å². The van der Waals surface area contributed by atoms with Gasteiger partial charge in [0.15, 0.2) is 12.6 Å². The van der Waals surface area contributed by atoms with Gasteiger partial charge in [0.2, 0.25) is 0 Å². The van der Waals surface area contributed by atoms with Gasteiger partial charge >= 0.3 is 23.9 Å². The van der Waals surface area contributed by atoms with E-state index < -0.39 is 36.5 Å². The highest BCUT2D eigenvalue weighted by atomic mass is 16.7. The topological polar surface area (TPSA) is 139 Å². The van der Waals surface area contributed by atoms with Crippen LogP contribution < -0.4 is 0 Å². The van der Waals surface area contributed by atoms with E-state index >= 15 is 0 Å². The van der Waals surface area contributed by atoms with Crippen molar-refractivity contribution in [2.75, 3.05) is 0 Å². The van der Waals surface area contributed by atoms with Crippen LogP contribution in [0, 0.1) is 0 Å². The van der Waals surface area contributed by atoms with Crippen LogP contribution in [0.1, 0.15) is 72.1 Å². The maximum atomic E-state index is 11.5. The molecule has 0 heterocycles. The van der Waals surface area contributed by atoms with Gasteiger partial charge in [-0.05, 0) is 12.1 Å². The van der Waals surface area contributed by atoms with Crippen LogP contribution in [0.4, 0.5) is 0 Å². The molecule has 0 unspecified atom stereocenters. The third-order valence-corrected chi connectivity index (χ3v) is 3.14. The molecule has 0 bridgehead atoms.